The molecule has 2 saturated heterocycles. The lowest BCUT2D eigenvalue weighted by atomic mass is 9.96. The first-order chi connectivity index (χ1) is 11.7. The van der Waals surface area contributed by atoms with E-state index in [1.807, 2.05) is 0 Å². The average molecular weight is 342 g/mol. The van der Waals surface area contributed by atoms with Gasteiger partial charge in [0.05, 0.1) is 31.8 Å². The summed E-state index contributed by atoms with van der Waals surface area (Å²) >= 11 is 0. The van der Waals surface area contributed by atoms with Crippen LogP contribution >= 0.6 is 0 Å². The number of hydrogen-bond acceptors (Lipinski definition) is 6. The summed E-state index contributed by atoms with van der Waals surface area (Å²) < 4.78 is 21.9. The standard InChI is InChI=1S/C18H30O6/c1-21-17(20)9-5-3-2-4-8-15-14(12-19)16(13-23-15)24-18-10-6-7-11-22-18/h12,14-16,18H,2-11,13H2,1H3. The molecule has 0 aromatic carbocycles. The van der Waals surface area contributed by atoms with E-state index in [2.05, 4.69) is 4.74 Å². The summed E-state index contributed by atoms with van der Waals surface area (Å²) in [6.45, 7) is 1.20. The second-order valence-corrected chi connectivity index (χ2v) is 6.58. The van der Waals surface area contributed by atoms with Gasteiger partial charge < -0.3 is 23.7 Å². The Morgan fingerprint density at radius 1 is 1.17 bits per heavy atom. The highest BCUT2D eigenvalue weighted by atomic mass is 16.7. The first-order valence-electron chi connectivity index (χ1n) is 9.15. The maximum absolute atomic E-state index is 11.5. The third kappa shape index (κ3) is 6.15. The third-order valence-corrected chi connectivity index (χ3v) is 4.80. The molecule has 0 radical (unpaired) electrons. The van der Waals surface area contributed by atoms with Crippen molar-refractivity contribution in [3.63, 3.8) is 0 Å². The summed E-state index contributed by atoms with van der Waals surface area (Å²) in [6.07, 6.45) is 8.81. The van der Waals surface area contributed by atoms with Crippen molar-refractivity contribution >= 4 is 12.3 Å². The first-order valence-corrected chi connectivity index (χ1v) is 9.15. The number of carbonyl (C=O) groups is 2. The summed E-state index contributed by atoms with van der Waals surface area (Å²) in [4.78, 5) is 22.5. The van der Waals surface area contributed by atoms with Gasteiger partial charge >= 0.3 is 5.97 Å². The second kappa shape index (κ2) is 10.8. The Bertz CT molecular complexity index is 380. The molecule has 0 bridgehead atoms. The van der Waals surface area contributed by atoms with Crippen molar-refractivity contribution in [1.29, 1.82) is 0 Å². The number of methoxy groups -OCH3 is 1. The zero-order valence-electron chi connectivity index (χ0n) is 14.6. The molecule has 0 saturated carbocycles. The summed E-state index contributed by atoms with van der Waals surface area (Å²) in [7, 11) is 1.41. The molecule has 0 spiro atoms. The molecule has 2 aliphatic rings. The maximum atomic E-state index is 11.5. The number of carbonyl (C=O) groups excluding carboxylic acids is 2. The van der Waals surface area contributed by atoms with Crippen molar-refractivity contribution < 1.29 is 28.5 Å². The number of unbranched alkanes of at least 4 members (excludes halogenated alkanes) is 3. The van der Waals surface area contributed by atoms with Crippen molar-refractivity contribution in [3.05, 3.63) is 0 Å². The molecular formula is C18H30O6. The van der Waals surface area contributed by atoms with Crippen LogP contribution in [0.3, 0.4) is 0 Å². The molecule has 0 amide bonds. The van der Waals surface area contributed by atoms with Crippen LogP contribution in [0.5, 0.6) is 0 Å². The van der Waals surface area contributed by atoms with E-state index in [1.165, 1.54) is 7.11 Å². The normalized spacial score (nSPS) is 30.2. The van der Waals surface area contributed by atoms with E-state index >= 15 is 0 Å². The minimum absolute atomic E-state index is 0.0586. The van der Waals surface area contributed by atoms with Gasteiger partial charge in [-0.15, -0.1) is 0 Å². The number of aldehydes is 1. The van der Waals surface area contributed by atoms with Gasteiger partial charge in [0.2, 0.25) is 0 Å². The lowest BCUT2D eigenvalue weighted by molar-refractivity contribution is -0.192. The number of rotatable bonds is 10. The van der Waals surface area contributed by atoms with E-state index < -0.39 is 0 Å². The SMILES string of the molecule is COC(=O)CCCCCCC1OCC(OC2CCCCO2)C1C=O. The predicted octanol–water partition coefficient (Wildman–Crippen LogP) is 2.63. The third-order valence-electron chi connectivity index (χ3n) is 4.80. The summed E-state index contributed by atoms with van der Waals surface area (Å²) in [5.41, 5.74) is 0. The molecule has 138 valence electrons. The van der Waals surface area contributed by atoms with Crippen LogP contribution in [-0.4, -0.2) is 51.1 Å². The average Bonchev–Trinajstić information content (AvgIpc) is 3.00. The van der Waals surface area contributed by atoms with Gasteiger partial charge in [0.1, 0.15) is 6.29 Å². The molecule has 2 rings (SSSR count). The molecule has 0 aliphatic carbocycles. The van der Waals surface area contributed by atoms with Crippen molar-refractivity contribution in [2.24, 2.45) is 5.92 Å². The highest BCUT2D eigenvalue weighted by Gasteiger charge is 2.39. The quantitative estimate of drug-likeness (QED) is 0.345. The first kappa shape index (κ1) is 19.3. The number of ether oxygens (including phenoxy) is 4. The highest BCUT2D eigenvalue weighted by Crippen LogP contribution is 2.29. The van der Waals surface area contributed by atoms with E-state index in [4.69, 9.17) is 14.2 Å². The van der Waals surface area contributed by atoms with Gasteiger partial charge in [-0.1, -0.05) is 19.3 Å². The Morgan fingerprint density at radius 3 is 2.71 bits per heavy atom. The number of hydrogen-bond donors (Lipinski definition) is 0. The molecule has 0 N–H and O–H groups in total. The molecular weight excluding hydrogens is 312 g/mol. The molecule has 2 aliphatic heterocycles. The van der Waals surface area contributed by atoms with Crippen molar-refractivity contribution in [1.82, 2.24) is 0 Å². The largest absolute Gasteiger partial charge is 0.469 e. The summed E-state index contributed by atoms with van der Waals surface area (Å²) in [5.74, 6) is -0.356. The van der Waals surface area contributed by atoms with Crippen LogP contribution in [0.25, 0.3) is 0 Å². The molecule has 6 nitrogen and oxygen atoms in total. The zero-order valence-corrected chi connectivity index (χ0v) is 14.6. The molecule has 6 heteroatoms. The van der Waals surface area contributed by atoms with E-state index in [0.717, 1.165) is 64.3 Å². The minimum atomic E-state index is -0.203. The monoisotopic (exact) mass is 342 g/mol. The van der Waals surface area contributed by atoms with E-state index in [-0.39, 0.29) is 30.4 Å². The molecule has 0 aromatic heterocycles. The smallest absolute Gasteiger partial charge is 0.305 e. The van der Waals surface area contributed by atoms with Crippen LogP contribution in [0.15, 0.2) is 0 Å². The van der Waals surface area contributed by atoms with Crippen LogP contribution in [0, 0.1) is 5.92 Å². The molecule has 2 fully saturated rings. The van der Waals surface area contributed by atoms with Gasteiger partial charge in [0, 0.05) is 13.0 Å². The molecule has 4 atom stereocenters. The minimum Gasteiger partial charge on any atom is -0.469 e. The maximum Gasteiger partial charge on any atom is 0.305 e. The molecule has 4 unspecified atom stereocenters. The topological polar surface area (TPSA) is 71.1 Å². The van der Waals surface area contributed by atoms with Crippen LogP contribution in [0.1, 0.15) is 57.8 Å². The van der Waals surface area contributed by atoms with Gasteiger partial charge in [-0.25, -0.2) is 0 Å². The second-order valence-electron chi connectivity index (χ2n) is 6.58. The Labute approximate surface area is 144 Å². The van der Waals surface area contributed by atoms with E-state index in [0.29, 0.717) is 13.0 Å². The Hall–Kier alpha value is -0.980. The van der Waals surface area contributed by atoms with Crippen LogP contribution in [0.2, 0.25) is 0 Å². The fourth-order valence-corrected chi connectivity index (χ4v) is 3.35. The fraction of sp³-hybridized carbons (Fsp3) is 0.889. The summed E-state index contributed by atoms with van der Waals surface area (Å²) in [5, 5.41) is 0. The predicted molar refractivity (Wildman–Crippen MR) is 87.5 cm³/mol. The Balaban J connectivity index is 1.62. The van der Waals surface area contributed by atoms with Crippen molar-refractivity contribution in [2.45, 2.75) is 76.3 Å². The fourth-order valence-electron chi connectivity index (χ4n) is 3.35. The number of esters is 1. The van der Waals surface area contributed by atoms with Crippen molar-refractivity contribution in [2.75, 3.05) is 20.3 Å². The van der Waals surface area contributed by atoms with Gasteiger partial charge in [0.15, 0.2) is 6.29 Å². The molecule has 0 aromatic rings. The molecule has 2 heterocycles. The van der Waals surface area contributed by atoms with Crippen LogP contribution in [0.4, 0.5) is 0 Å². The van der Waals surface area contributed by atoms with Crippen LogP contribution in [-0.2, 0) is 28.5 Å². The van der Waals surface area contributed by atoms with Crippen LogP contribution < -0.4 is 0 Å². The summed E-state index contributed by atoms with van der Waals surface area (Å²) in [6, 6.07) is 0. The Morgan fingerprint density at radius 2 is 2.00 bits per heavy atom. The zero-order chi connectivity index (χ0) is 17.2. The highest BCUT2D eigenvalue weighted by molar-refractivity contribution is 5.68. The van der Waals surface area contributed by atoms with Gasteiger partial charge in [-0.3, -0.25) is 4.79 Å². The van der Waals surface area contributed by atoms with Crippen molar-refractivity contribution in [3.8, 4) is 0 Å². The molecule has 24 heavy (non-hydrogen) atoms. The Kier molecular flexibility index (Phi) is 8.70. The van der Waals surface area contributed by atoms with Gasteiger partial charge in [0.25, 0.3) is 0 Å². The lowest BCUT2D eigenvalue weighted by Crippen LogP contribution is -2.34. The van der Waals surface area contributed by atoms with E-state index in [9.17, 15) is 9.59 Å². The van der Waals surface area contributed by atoms with E-state index in [1.54, 1.807) is 0 Å². The lowest BCUT2D eigenvalue weighted by Gasteiger charge is -2.27. The van der Waals surface area contributed by atoms with Gasteiger partial charge in [-0.05, 0) is 32.1 Å². The van der Waals surface area contributed by atoms with Gasteiger partial charge in [-0.2, -0.15) is 0 Å².